The van der Waals surface area contributed by atoms with Crippen molar-refractivity contribution in [2.75, 3.05) is 11.9 Å². The van der Waals surface area contributed by atoms with E-state index < -0.39 is 5.25 Å². The summed E-state index contributed by atoms with van der Waals surface area (Å²) in [4.78, 5) is 24.6. The molecule has 1 aliphatic heterocycles. The lowest BCUT2D eigenvalue weighted by Crippen LogP contribution is -2.25. The number of nitrogens with zero attached hydrogens (tertiary/aromatic N) is 3. The van der Waals surface area contributed by atoms with Gasteiger partial charge in [0.05, 0.1) is 10.9 Å². The van der Waals surface area contributed by atoms with Crippen LogP contribution < -0.4 is 14.8 Å². The first-order valence-corrected chi connectivity index (χ1v) is 11.3. The first-order chi connectivity index (χ1) is 15.9. The highest BCUT2D eigenvalue weighted by Gasteiger charge is 2.23. The zero-order valence-corrected chi connectivity index (χ0v) is 19.2. The van der Waals surface area contributed by atoms with E-state index in [1.54, 1.807) is 24.3 Å². The molecule has 0 bridgehead atoms. The van der Waals surface area contributed by atoms with Crippen LogP contribution in [0.25, 0.3) is 0 Å². The third-order valence-corrected chi connectivity index (χ3v) is 6.09. The highest BCUT2D eigenvalue weighted by atomic mass is 32.2. The molecule has 170 valence electrons. The molecule has 0 spiro atoms. The van der Waals surface area contributed by atoms with Crippen LogP contribution >= 0.6 is 11.8 Å². The second-order valence-corrected chi connectivity index (χ2v) is 8.88. The average molecular weight is 465 g/mol. The zero-order valence-electron chi connectivity index (χ0n) is 18.4. The molecule has 1 N–H and O–H groups in total. The summed E-state index contributed by atoms with van der Waals surface area (Å²) in [6.07, 6.45) is 1.75. The number of benzene rings is 2. The van der Waals surface area contributed by atoms with E-state index in [4.69, 9.17) is 9.47 Å². The molecule has 2 heterocycles. The van der Waals surface area contributed by atoms with Gasteiger partial charge in [-0.25, -0.2) is 0 Å². The number of ketones is 1. The molecule has 33 heavy (non-hydrogen) atoms. The molecule has 0 fully saturated rings. The van der Waals surface area contributed by atoms with E-state index in [9.17, 15) is 9.59 Å². The molecule has 1 atom stereocenters. The summed E-state index contributed by atoms with van der Waals surface area (Å²) in [5.74, 6) is 1.62. The van der Waals surface area contributed by atoms with Crippen molar-refractivity contribution in [2.45, 2.75) is 37.4 Å². The van der Waals surface area contributed by atoms with E-state index >= 15 is 0 Å². The van der Waals surface area contributed by atoms with E-state index in [2.05, 4.69) is 22.1 Å². The zero-order chi connectivity index (χ0) is 23.4. The molecule has 9 heteroatoms. The van der Waals surface area contributed by atoms with Crippen LogP contribution in [0.5, 0.6) is 11.5 Å². The number of amides is 1. The van der Waals surface area contributed by atoms with E-state index in [-0.39, 0.29) is 24.9 Å². The maximum absolute atomic E-state index is 13.1. The number of allylic oxidation sites excluding steroid dienone is 1. The number of hydrogen-bond donors (Lipinski definition) is 1. The smallest absolute Gasteiger partial charge is 0.262 e. The van der Waals surface area contributed by atoms with E-state index in [0.29, 0.717) is 34.5 Å². The molecule has 1 aromatic heterocycles. The summed E-state index contributed by atoms with van der Waals surface area (Å²) in [5.41, 5.74) is 2.09. The average Bonchev–Trinajstić information content (AvgIpc) is 3.18. The Morgan fingerprint density at radius 1 is 1.33 bits per heavy atom. The molecule has 2 aromatic carbocycles. The van der Waals surface area contributed by atoms with Gasteiger partial charge in [-0.2, -0.15) is 0 Å². The van der Waals surface area contributed by atoms with Crippen LogP contribution in [0.3, 0.4) is 0 Å². The van der Waals surface area contributed by atoms with Gasteiger partial charge in [-0.1, -0.05) is 30.0 Å². The van der Waals surface area contributed by atoms with Gasteiger partial charge in [0.2, 0.25) is 0 Å². The minimum absolute atomic E-state index is 0.0264. The monoisotopic (exact) mass is 464 g/mol. The lowest BCUT2D eigenvalue weighted by molar-refractivity contribution is -0.118. The van der Waals surface area contributed by atoms with Gasteiger partial charge in [0.15, 0.2) is 23.4 Å². The summed E-state index contributed by atoms with van der Waals surface area (Å²) in [6.45, 7) is 8.35. The molecule has 0 saturated heterocycles. The fourth-order valence-electron chi connectivity index (χ4n) is 3.36. The molecule has 4 rings (SSSR count). The lowest BCUT2D eigenvalue weighted by atomic mass is 10.1. The number of hydrogen-bond acceptors (Lipinski definition) is 7. The highest BCUT2D eigenvalue weighted by Crippen LogP contribution is 2.31. The maximum Gasteiger partial charge on any atom is 0.262 e. The van der Waals surface area contributed by atoms with E-state index in [1.165, 1.54) is 11.8 Å². The van der Waals surface area contributed by atoms with Crippen LogP contribution in [0.4, 0.5) is 5.69 Å². The van der Waals surface area contributed by atoms with Gasteiger partial charge in [-0.3, -0.25) is 14.2 Å². The number of ether oxygens (including phenoxy) is 2. The largest absolute Gasteiger partial charge is 0.486 e. The minimum atomic E-state index is -0.429. The summed E-state index contributed by atoms with van der Waals surface area (Å²) < 4.78 is 13.1. The van der Waals surface area contributed by atoms with Gasteiger partial charge >= 0.3 is 0 Å². The Kier molecular flexibility index (Phi) is 6.79. The van der Waals surface area contributed by atoms with Gasteiger partial charge in [-0.05, 0) is 49.7 Å². The van der Waals surface area contributed by atoms with Crippen molar-refractivity contribution in [1.82, 2.24) is 14.8 Å². The number of anilines is 1. The summed E-state index contributed by atoms with van der Waals surface area (Å²) in [5, 5.41) is 11.5. The topological polar surface area (TPSA) is 95.3 Å². The molecular weight excluding hydrogens is 440 g/mol. The number of aryl methyl sites for hydroxylation is 1. The Hall–Kier alpha value is -3.59. The molecular formula is C24H24N4O4S. The second kappa shape index (κ2) is 9.91. The standard InChI is InChI=1S/C24H24N4O4S/c1-4-10-28-21(13-31-18-7-5-6-15(2)11-18)26-27-24(28)33-16(3)23(30)17-8-9-20-19(12-17)25-22(29)14-32-20/h4-9,11-12,16H,1,10,13-14H2,2-3H3,(H,25,29). The fraction of sp³-hybridized carbons (Fsp3) is 0.250. The van der Waals surface area contributed by atoms with Gasteiger partial charge in [-0.15, -0.1) is 16.8 Å². The van der Waals surface area contributed by atoms with Crippen molar-refractivity contribution in [3.8, 4) is 11.5 Å². The number of carbonyl (C=O) groups excluding carboxylic acids is 2. The van der Waals surface area contributed by atoms with Crippen LogP contribution in [0, 0.1) is 6.92 Å². The molecule has 1 aliphatic rings. The van der Waals surface area contributed by atoms with Crippen molar-refractivity contribution >= 4 is 29.1 Å². The van der Waals surface area contributed by atoms with Crippen LogP contribution in [0.15, 0.2) is 60.3 Å². The van der Waals surface area contributed by atoms with Gasteiger partial charge in [0, 0.05) is 12.1 Å². The van der Waals surface area contributed by atoms with Crippen LogP contribution in [0.1, 0.15) is 28.7 Å². The van der Waals surface area contributed by atoms with Crippen LogP contribution in [-0.2, 0) is 17.9 Å². The van der Waals surface area contributed by atoms with Crippen molar-refractivity contribution in [2.24, 2.45) is 0 Å². The number of thioether (sulfide) groups is 1. The normalized spacial score (nSPS) is 13.5. The molecule has 1 amide bonds. The number of Topliss-reactive ketones (excluding diaryl/α,β-unsaturated/α-hetero) is 1. The number of fused-ring (bicyclic) bond motifs is 1. The maximum atomic E-state index is 13.1. The SMILES string of the molecule is C=CCn1c(COc2cccc(C)c2)nnc1SC(C)C(=O)c1ccc2c(c1)NC(=O)CO2. The van der Waals surface area contributed by atoms with Crippen LogP contribution in [-0.4, -0.2) is 38.3 Å². The number of rotatable bonds is 9. The fourth-order valence-corrected chi connectivity index (χ4v) is 4.32. The molecule has 3 aromatic rings. The van der Waals surface area contributed by atoms with Crippen molar-refractivity contribution in [3.63, 3.8) is 0 Å². The number of carbonyl (C=O) groups is 2. The molecule has 0 aliphatic carbocycles. The Morgan fingerprint density at radius 3 is 2.97 bits per heavy atom. The van der Waals surface area contributed by atoms with E-state index in [1.807, 2.05) is 42.7 Å². The predicted octanol–water partition coefficient (Wildman–Crippen LogP) is 4.05. The predicted molar refractivity (Wildman–Crippen MR) is 126 cm³/mol. The molecule has 0 radical (unpaired) electrons. The van der Waals surface area contributed by atoms with Crippen LogP contribution in [0.2, 0.25) is 0 Å². The lowest BCUT2D eigenvalue weighted by Gasteiger charge is -2.19. The number of aromatic nitrogens is 3. The first kappa shape index (κ1) is 22.6. The highest BCUT2D eigenvalue weighted by molar-refractivity contribution is 8.00. The third-order valence-electron chi connectivity index (χ3n) is 5.01. The minimum Gasteiger partial charge on any atom is -0.486 e. The quantitative estimate of drug-likeness (QED) is 0.290. The first-order valence-electron chi connectivity index (χ1n) is 10.4. The Morgan fingerprint density at radius 2 is 2.18 bits per heavy atom. The molecule has 0 saturated carbocycles. The van der Waals surface area contributed by atoms with Gasteiger partial charge in [0.1, 0.15) is 18.1 Å². The molecule has 8 nitrogen and oxygen atoms in total. The van der Waals surface area contributed by atoms with E-state index in [0.717, 1.165) is 11.3 Å². The summed E-state index contributed by atoms with van der Waals surface area (Å²) >= 11 is 1.31. The Balaban J connectivity index is 1.47. The van der Waals surface area contributed by atoms with Crippen molar-refractivity contribution < 1.29 is 19.1 Å². The summed E-state index contributed by atoms with van der Waals surface area (Å²) in [6, 6.07) is 12.8. The van der Waals surface area contributed by atoms with Crippen molar-refractivity contribution in [3.05, 3.63) is 72.1 Å². The van der Waals surface area contributed by atoms with Crippen molar-refractivity contribution in [1.29, 1.82) is 0 Å². The van der Waals surface area contributed by atoms with Gasteiger partial charge < -0.3 is 14.8 Å². The Labute approximate surface area is 196 Å². The summed E-state index contributed by atoms with van der Waals surface area (Å²) in [7, 11) is 0. The third kappa shape index (κ3) is 5.25. The number of nitrogens with one attached hydrogen (secondary N) is 1. The van der Waals surface area contributed by atoms with Gasteiger partial charge in [0.25, 0.3) is 5.91 Å². The Bertz CT molecular complexity index is 1210. The molecule has 1 unspecified atom stereocenters. The second-order valence-electron chi connectivity index (χ2n) is 7.58.